The van der Waals surface area contributed by atoms with Gasteiger partial charge in [-0.3, -0.25) is 14.9 Å². The second kappa shape index (κ2) is 9.16. The zero-order valence-corrected chi connectivity index (χ0v) is 18.7. The molecule has 0 bridgehead atoms. The van der Waals surface area contributed by atoms with E-state index in [9.17, 15) is 27.7 Å². The molecule has 11 heteroatoms. The Hall–Kier alpha value is -2.89. The third kappa shape index (κ3) is 4.48. The Morgan fingerprint density at radius 2 is 1.67 bits per heavy atom. The lowest BCUT2D eigenvalue weighted by Gasteiger charge is -2.42. The van der Waals surface area contributed by atoms with Gasteiger partial charge in [-0.05, 0) is 36.6 Å². The summed E-state index contributed by atoms with van der Waals surface area (Å²) in [5, 5.41) is 11.0. The summed E-state index contributed by atoms with van der Waals surface area (Å²) in [4.78, 5) is 25.5. The average Bonchev–Trinajstić information content (AvgIpc) is 2.84. The molecule has 2 fully saturated rings. The average molecular weight is 478 g/mol. The summed E-state index contributed by atoms with van der Waals surface area (Å²) >= 11 is 0. The molecule has 0 saturated carbocycles. The first-order valence-electron chi connectivity index (χ1n) is 10.6. The Kier molecular flexibility index (Phi) is 6.46. The van der Waals surface area contributed by atoms with Crippen LogP contribution in [0.5, 0.6) is 0 Å². The lowest BCUT2D eigenvalue weighted by molar-refractivity contribution is -0.385. The summed E-state index contributed by atoms with van der Waals surface area (Å²) in [6, 6.07) is 10.9. The standard InChI is InChI=1S/C22H24FN3O6S/c23-18-6-4-17(5-7-18)22(8-14-32-15-9-22)21(27)24-10-12-25(13-11-24)33(30,31)20-3-1-2-19(16-20)26(28)29/h1-7,16H,8-15H2. The van der Waals surface area contributed by atoms with E-state index in [1.165, 1.54) is 34.6 Å². The van der Waals surface area contributed by atoms with Crippen molar-refractivity contribution in [3.8, 4) is 0 Å². The molecule has 0 atom stereocenters. The zero-order valence-electron chi connectivity index (χ0n) is 17.9. The number of non-ortho nitro benzene ring substituents is 1. The number of rotatable bonds is 5. The topological polar surface area (TPSA) is 110 Å². The maximum absolute atomic E-state index is 13.6. The Morgan fingerprint density at radius 3 is 2.27 bits per heavy atom. The van der Waals surface area contributed by atoms with Crippen molar-refractivity contribution in [1.82, 2.24) is 9.21 Å². The van der Waals surface area contributed by atoms with Crippen molar-refractivity contribution in [2.75, 3.05) is 39.4 Å². The second-order valence-corrected chi connectivity index (χ2v) is 10.1. The largest absolute Gasteiger partial charge is 0.381 e. The number of nitrogens with zero attached hydrogens (tertiary/aromatic N) is 3. The Balaban J connectivity index is 1.51. The van der Waals surface area contributed by atoms with Crippen molar-refractivity contribution in [1.29, 1.82) is 0 Å². The smallest absolute Gasteiger partial charge is 0.270 e. The van der Waals surface area contributed by atoms with Crippen molar-refractivity contribution < 1.29 is 27.3 Å². The predicted octanol–water partition coefficient (Wildman–Crippen LogP) is 2.32. The van der Waals surface area contributed by atoms with E-state index >= 15 is 0 Å². The van der Waals surface area contributed by atoms with Crippen LogP contribution < -0.4 is 0 Å². The molecule has 176 valence electrons. The minimum Gasteiger partial charge on any atom is -0.381 e. The fraction of sp³-hybridized carbons (Fsp3) is 0.409. The SMILES string of the molecule is O=C(N1CCN(S(=O)(=O)c2cccc([N+](=O)[O-])c2)CC1)C1(c2ccc(F)cc2)CCOCC1. The molecule has 0 spiro atoms. The van der Waals surface area contributed by atoms with Gasteiger partial charge in [-0.2, -0.15) is 4.31 Å². The van der Waals surface area contributed by atoms with Gasteiger partial charge < -0.3 is 9.64 Å². The predicted molar refractivity (Wildman–Crippen MR) is 117 cm³/mol. The van der Waals surface area contributed by atoms with Gasteiger partial charge in [-0.15, -0.1) is 0 Å². The first-order chi connectivity index (χ1) is 15.7. The Labute approximate surface area is 191 Å². The van der Waals surface area contributed by atoms with Gasteiger partial charge in [0.05, 0.1) is 15.2 Å². The quantitative estimate of drug-likeness (QED) is 0.483. The molecule has 4 rings (SSSR count). The number of piperazine rings is 1. The van der Waals surface area contributed by atoms with Crippen LogP contribution in [0.2, 0.25) is 0 Å². The number of nitro groups is 1. The van der Waals surface area contributed by atoms with E-state index in [1.54, 1.807) is 17.0 Å². The molecule has 2 aliphatic rings. The molecule has 33 heavy (non-hydrogen) atoms. The highest BCUT2D eigenvalue weighted by Crippen LogP contribution is 2.37. The van der Waals surface area contributed by atoms with Crippen LogP contribution in [0.3, 0.4) is 0 Å². The maximum atomic E-state index is 13.6. The van der Waals surface area contributed by atoms with Gasteiger partial charge in [0.15, 0.2) is 0 Å². The normalized spacial score (nSPS) is 19.2. The number of sulfonamides is 1. The van der Waals surface area contributed by atoms with Crippen molar-refractivity contribution in [2.24, 2.45) is 0 Å². The fourth-order valence-corrected chi connectivity index (χ4v) is 5.92. The highest BCUT2D eigenvalue weighted by molar-refractivity contribution is 7.89. The molecular weight excluding hydrogens is 453 g/mol. The minimum atomic E-state index is -3.93. The lowest BCUT2D eigenvalue weighted by Crippen LogP contribution is -2.56. The van der Waals surface area contributed by atoms with Crippen LogP contribution in [-0.4, -0.2) is 67.8 Å². The molecule has 0 N–H and O–H groups in total. The molecule has 2 aliphatic heterocycles. The highest BCUT2D eigenvalue weighted by atomic mass is 32.2. The molecule has 2 saturated heterocycles. The van der Waals surface area contributed by atoms with Gasteiger partial charge >= 0.3 is 0 Å². The highest BCUT2D eigenvalue weighted by Gasteiger charge is 2.45. The van der Waals surface area contributed by atoms with Gasteiger partial charge in [-0.25, -0.2) is 12.8 Å². The van der Waals surface area contributed by atoms with Gasteiger partial charge in [0.25, 0.3) is 5.69 Å². The molecule has 1 amide bonds. The van der Waals surface area contributed by atoms with E-state index in [0.717, 1.165) is 11.6 Å². The van der Waals surface area contributed by atoms with Crippen molar-refractivity contribution >= 4 is 21.6 Å². The second-order valence-electron chi connectivity index (χ2n) is 8.15. The minimum absolute atomic E-state index is 0.0762. The number of ether oxygens (including phenoxy) is 1. The zero-order chi connectivity index (χ0) is 23.6. The van der Waals surface area contributed by atoms with Crippen LogP contribution in [0.15, 0.2) is 53.4 Å². The van der Waals surface area contributed by atoms with E-state index < -0.39 is 20.4 Å². The third-order valence-electron chi connectivity index (χ3n) is 6.34. The summed E-state index contributed by atoms with van der Waals surface area (Å²) in [6.45, 7) is 1.35. The monoisotopic (exact) mass is 477 g/mol. The van der Waals surface area contributed by atoms with Gasteiger partial charge in [0.1, 0.15) is 5.82 Å². The van der Waals surface area contributed by atoms with E-state index in [1.807, 2.05) is 0 Å². The molecule has 9 nitrogen and oxygen atoms in total. The Bertz CT molecular complexity index is 1140. The summed E-state index contributed by atoms with van der Waals surface area (Å²) in [5.74, 6) is -0.502. The van der Waals surface area contributed by atoms with Crippen LogP contribution in [0.4, 0.5) is 10.1 Å². The van der Waals surface area contributed by atoms with E-state index in [-0.39, 0.29) is 48.5 Å². The van der Waals surface area contributed by atoms with Crippen LogP contribution in [-0.2, 0) is 25.0 Å². The van der Waals surface area contributed by atoms with Crippen LogP contribution in [0, 0.1) is 15.9 Å². The summed E-state index contributed by atoms with van der Waals surface area (Å²) in [7, 11) is -3.93. The first kappa shape index (κ1) is 23.3. The number of hydrogen-bond acceptors (Lipinski definition) is 6. The van der Waals surface area contributed by atoms with Crippen LogP contribution in [0.1, 0.15) is 18.4 Å². The van der Waals surface area contributed by atoms with E-state index in [2.05, 4.69) is 0 Å². The van der Waals surface area contributed by atoms with Crippen molar-refractivity contribution in [3.05, 3.63) is 70.0 Å². The molecule has 0 aliphatic carbocycles. The van der Waals surface area contributed by atoms with E-state index in [4.69, 9.17) is 4.74 Å². The first-order valence-corrected chi connectivity index (χ1v) is 12.1. The van der Waals surface area contributed by atoms with Crippen LogP contribution in [0.25, 0.3) is 0 Å². The summed E-state index contributed by atoms with van der Waals surface area (Å²) < 4.78 is 46.2. The number of carbonyl (C=O) groups is 1. The molecule has 0 unspecified atom stereocenters. The number of nitro benzene ring substituents is 1. The van der Waals surface area contributed by atoms with Gasteiger partial charge in [0.2, 0.25) is 15.9 Å². The number of carbonyl (C=O) groups excluding carboxylic acids is 1. The van der Waals surface area contributed by atoms with Gasteiger partial charge in [-0.1, -0.05) is 18.2 Å². The van der Waals surface area contributed by atoms with Crippen molar-refractivity contribution in [2.45, 2.75) is 23.2 Å². The molecule has 2 aromatic rings. The number of hydrogen-bond donors (Lipinski definition) is 0. The van der Waals surface area contributed by atoms with Crippen LogP contribution >= 0.6 is 0 Å². The summed E-state index contributed by atoms with van der Waals surface area (Å²) in [6.07, 6.45) is 0.924. The van der Waals surface area contributed by atoms with E-state index in [0.29, 0.717) is 26.1 Å². The molecule has 0 aromatic heterocycles. The maximum Gasteiger partial charge on any atom is 0.270 e. The van der Waals surface area contributed by atoms with Crippen molar-refractivity contribution in [3.63, 3.8) is 0 Å². The Morgan fingerprint density at radius 1 is 1.03 bits per heavy atom. The summed E-state index contributed by atoms with van der Waals surface area (Å²) in [5.41, 5.74) is -0.415. The molecule has 0 radical (unpaired) electrons. The fourth-order valence-electron chi connectivity index (χ4n) is 4.46. The number of amides is 1. The molecule has 2 heterocycles. The van der Waals surface area contributed by atoms with Gasteiger partial charge in [0, 0.05) is 51.5 Å². The molecular formula is C22H24FN3O6S. The number of halogens is 1. The third-order valence-corrected chi connectivity index (χ3v) is 8.24. The lowest BCUT2D eigenvalue weighted by atomic mass is 9.73. The molecule has 2 aromatic carbocycles. The number of benzene rings is 2.